The molecule has 0 aliphatic heterocycles. The summed E-state index contributed by atoms with van der Waals surface area (Å²) in [7, 11) is 1.72. The van der Waals surface area contributed by atoms with Crippen LogP contribution in [0.25, 0.3) is 0 Å². The highest BCUT2D eigenvalue weighted by atomic mass is 19.1. The lowest BCUT2D eigenvalue weighted by Crippen LogP contribution is -2.14. The topological polar surface area (TPSA) is 36.4 Å². The zero-order valence-electron chi connectivity index (χ0n) is 13.5. The monoisotopic (exact) mass is 301 g/mol. The van der Waals surface area contributed by atoms with Crippen molar-refractivity contribution in [1.29, 1.82) is 0 Å². The van der Waals surface area contributed by atoms with E-state index in [4.69, 9.17) is 0 Å². The molecule has 1 aromatic rings. The third-order valence-corrected chi connectivity index (χ3v) is 3.00. The molecule has 0 aliphatic rings. The Morgan fingerprint density at radius 2 is 2.18 bits per heavy atom. The van der Waals surface area contributed by atoms with E-state index >= 15 is 0 Å². The van der Waals surface area contributed by atoms with Crippen molar-refractivity contribution in [3.8, 4) is 0 Å². The van der Waals surface area contributed by atoms with Crippen LogP contribution in [-0.2, 0) is 6.54 Å². The summed E-state index contributed by atoms with van der Waals surface area (Å²) in [5.41, 5.74) is 3.17. The minimum atomic E-state index is -0.248. The van der Waals surface area contributed by atoms with E-state index in [1.807, 2.05) is 38.1 Å². The molecular formula is C18H24FN3. The molecule has 3 nitrogen and oxygen atoms in total. The fourth-order valence-electron chi connectivity index (χ4n) is 2.01. The van der Waals surface area contributed by atoms with Crippen LogP contribution in [0.2, 0.25) is 0 Å². The van der Waals surface area contributed by atoms with Crippen LogP contribution < -0.4 is 10.6 Å². The molecule has 0 saturated carbocycles. The van der Waals surface area contributed by atoms with Crippen LogP contribution in [0, 0.1) is 12.7 Å². The second-order valence-electron chi connectivity index (χ2n) is 4.83. The van der Waals surface area contributed by atoms with Gasteiger partial charge >= 0.3 is 0 Å². The SMILES string of the molecule is C=CCNc1c(C)cc(CN/C(C=NC)=C/C=C/C)cc1F. The van der Waals surface area contributed by atoms with Gasteiger partial charge in [-0.2, -0.15) is 0 Å². The van der Waals surface area contributed by atoms with Gasteiger partial charge in [-0.05, 0) is 37.1 Å². The molecule has 0 radical (unpaired) electrons. The van der Waals surface area contributed by atoms with Gasteiger partial charge in [-0.1, -0.05) is 24.3 Å². The van der Waals surface area contributed by atoms with Gasteiger partial charge in [-0.15, -0.1) is 6.58 Å². The van der Waals surface area contributed by atoms with E-state index in [-0.39, 0.29) is 5.82 Å². The summed E-state index contributed by atoms with van der Waals surface area (Å²) >= 11 is 0. The number of halogens is 1. The fraction of sp³-hybridized carbons (Fsp3) is 0.278. The summed E-state index contributed by atoms with van der Waals surface area (Å²) < 4.78 is 14.1. The molecule has 0 bridgehead atoms. The van der Waals surface area contributed by atoms with Crippen molar-refractivity contribution in [3.63, 3.8) is 0 Å². The van der Waals surface area contributed by atoms with Gasteiger partial charge in [0.25, 0.3) is 0 Å². The second kappa shape index (κ2) is 9.55. The quantitative estimate of drug-likeness (QED) is 0.433. The van der Waals surface area contributed by atoms with Crippen LogP contribution in [0.4, 0.5) is 10.1 Å². The number of hydrogen-bond acceptors (Lipinski definition) is 3. The Kier molecular flexibility index (Phi) is 7.68. The van der Waals surface area contributed by atoms with Crippen molar-refractivity contribution in [1.82, 2.24) is 5.32 Å². The number of aryl methyl sites for hydroxylation is 1. The van der Waals surface area contributed by atoms with Crippen LogP contribution in [0.5, 0.6) is 0 Å². The standard InChI is InChI=1S/C18H24FN3/c1-5-7-8-16(13-20-4)22-12-15-10-14(3)18(17(19)11-15)21-9-6-2/h5-8,10-11,13,21-22H,2,9,12H2,1,3-4H3/b7-5+,16-8+,20-13?. The average Bonchev–Trinajstić information content (AvgIpc) is 2.49. The molecule has 0 amide bonds. The maximum Gasteiger partial charge on any atom is 0.146 e. The Bertz CT molecular complexity index is 563. The first kappa shape index (κ1) is 17.7. The van der Waals surface area contributed by atoms with Gasteiger partial charge in [0.1, 0.15) is 5.82 Å². The molecule has 118 valence electrons. The summed E-state index contributed by atoms with van der Waals surface area (Å²) in [5, 5.41) is 6.26. The van der Waals surface area contributed by atoms with Crippen molar-refractivity contribution in [3.05, 3.63) is 65.7 Å². The molecule has 2 N–H and O–H groups in total. The minimum Gasteiger partial charge on any atom is -0.380 e. The lowest BCUT2D eigenvalue weighted by atomic mass is 10.1. The van der Waals surface area contributed by atoms with Crippen molar-refractivity contribution in [2.24, 2.45) is 4.99 Å². The molecule has 1 rings (SSSR count). The Morgan fingerprint density at radius 3 is 2.77 bits per heavy atom. The number of hydrogen-bond donors (Lipinski definition) is 2. The van der Waals surface area contributed by atoms with E-state index in [1.54, 1.807) is 25.4 Å². The summed E-state index contributed by atoms with van der Waals surface area (Å²) in [6.45, 7) is 8.54. The summed E-state index contributed by atoms with van der Waals surface area (Å²) in [5.74, 6) is -0.248. The summed E-state index contributed by atoms with van der Waals surface area (Å²) in [6, 6.07) is 3.51. The maximum absolute atomic E-state index is 14.1. The highest BCUT2D eigenvalue weighted by molar-refractivity contribution is 5.78. The zero-order chi connectivity index (χ0) is 16.4. The van der Waals surface area contributed by atoms with Crippen LogP contribution in [-0.4, -0.2) is 19.8 Å². The van der Waals surface area contributed by atoms with E-state index in [0.717, 1.165) is 16.8 Å². The zero-order valence-corrected chi connectivity index (χ0v) is 13.5. The first-order chi connectivity index (χ1) is 10.6. The molecule has 0 heterocycles. The smallest absolute Gasteiger partial charge is 0.146 e. The molecule has 0 aliphatic carbocycles. The lowest BCUT2D eigenvalue weighted by molar-refractivity contribution is 0.626. The number of allylic oxidation sites excluding steroid dienone is 4. The van der Waals surface area contributed by atoms with E-state index in [2.05, 4.69) is 22.2 Å². The molecule has 0 aromatic heterocycles. The molecule has 0 saturated heterocycles. The van der Waals surface area contributed by atoms with Crippen LogP contribution in [0.15, 0.2) is 53.7 Å². The summed E-state index contributed by atoms with van der Waals surface area (Å²) in [6.07, 6.45) is 9.24. The van der Waals surface area contributed by atoms with Gasteiger partial charge in [0.2, 0.25) is 0 Å². The second-order valence-corrected chi connectivity index (χ2v) is 4.83. The predicted octanol–water partition coefficient (Wildman–Crippen LogP) is 3.98. The van der Waals surface area contributed by atoms with E-state index in [9.17, 15) is 4.39 Å². The first-order valence-corrected chi connectivity index (χ1v) is 7.25. The third-order valence-electron chi connectivity index (χ3n) is 3.00. The number of aliphatic imine (C=N–C) groups is 1. The molecule has 4 heteroatoms. The molecule has 0 atom stereocenters. The van der Waals surface area contributed by atoms with Gasteiger partial charge < -0.3 is 10.6 Å². The van der Waals surface area contributed by atoms with Crippen LogP contribution in [0.1, 0.15) is 18.1 Å². The Labute approximate surface area is 132 Å². The van der Waals surface area contributed by atoms with E-state index < -0.39 is 0 Å². The van der Waals surface area contributed by atoms with Crippen molar-refractivity contribution in [2.75, 3.05) is 18.9 Å². The van der Waals surface area contributed by atoms with Gasteiger partial charge in [0, 0.05) is 26.4 Å². The predicted molar refractivity (Wildman–Crippen MR) is 94.0 cm³/mol. The van der Waals surface area contributed by atoms with Gasteiger partial charge in [0.15, 0.2) is 0 Å². The fourth-order valence-corrected chi connectivity index (χ4v) is 2.01. The van der Waals surface area contributed by atoms with Gasteiger partial charge in [-0.3, -0.25) is 4.99 Å². The van der Waals surface area contributed by atoms with E-state index in [1.165, 1.54) is 0 Å². The molecule has 1 aromatic carbocycles. The highest BCUT2D eigenvalue weighted by Gasteiger charge is 2.07. The number of rotatable bonds is 8. The Morgan fingerprint density at radius 1 is 1.41 bits per heavy atom. The Balaban J connectivity index is 2.83. The molecule has 0 fully saturated rings. The van der Waals surface area contributed by atoms with Crippen molar-refractivity contribution >= 4 is 11.9 Å². The maximum atomic E-state index is 14.1. The number of nitrogens with zero attached hydrogens (tertiary/aromatic N) is 1. The largest absolute Gasteiger partial charge is 0.380 e. The normalized spacial score (nSPS) is 12.1. The summed E-state index contributed by atoms with van der Waals surface area (Å²) in [4.78, 5) is 4.00. The Hall–Kier alpha value is -2.36. The highest BCUT2D eigenvalue weighted by Crippen LogP contribution is 2.21. The first-order valence-electron chi connectivity index (χ1n) is 7.25. The molecular weight excluding hydrogens is 277 g/mol. The molecule has 22 heavy (non-hydrogen) atoms. The lowest BCUT2D eigenvalue weighted by Gasteiger charge is -2.12. The number of benzene rings is 1. The number of nitrogens with one attached hydrogen (secondary N) is 2. The van der Waals surface area contributed by atoms with Gasteiger partial charge in [-0.25, -0.2) is 4.39 Å². The molecule has 0 spiro atoms. The number of anilines is 1. The molecule has 0 unspecified atom stereocenters. The van der Waals surface area contributed by atoms with Crippen LogP contribution in [0.3, 0.4) is 0 Å². The van der Waals surface area contributed by atoms with Crippen LogP contribution >= 0.6 is 0 Å². The third kappa shape index (κ3) is 5.56. The van der Waals surface area contributed by atoms with Gasteiger partial charge in [0.05, 0.1) is 11.4 Å². The average molecular weight is 301 g/mol. The van der Waals surface area contributed by atoms with E-state index in [0.29, 0.717) is 18.8 Å². The minimum absolute atomic E-state index is 0.248. The van der Waals surface area contributed by atoms with Crippen molar-refractivity contribution in [2.45, 2.75) is 20.4 Å². The van der Waals surface area contributed by atoms with Crippen molar-refractivity contribution < 1.29 is 4.39 Å².